The van der Waals surface area contributed by atoms with Crippen molar-refractivity contribution in [3.63, 3.8) is 0 Å². The molecule has 118 valence electrons. The summed E-state index contributed by atoms with van der Waals surface area (Å²) in [5.74, 6) is 1.65. The normalized spacial score (nSPS) is 25.6. The largest absolute Gasteiger partial charge is 0.497 e. The molecule has 0 heterocycles. The maximum atomic E-state index is 10.4. The van der Waals surface area contributed by atoms with Gasteiger partial charge in [-0.25, -0.2) is 0 Å². The summed E-state index contributed by atoms with van der Waals surface area (Å²) in [6.07, 6.45) is 4.32. The van der Waals surface area contributed by atoms with E-state index in [9.17, 15) is 5.11 Å². The molecular formula is C18H29NO2. The minimum Gasteiger partial charge on any atom is -0.497 e. The van der Waals surface area contributed by atoms with E-state index in [1.807, 2.05) is 12.1 Å². The lowest BCUT2D eigenvalue weighted by Crippen LogP contribution is -2.45. The standard InChI is InChI=1S/C18H29NO2/c1-13(14-9-11-15(21-4)12-10-14)18(19(2)3)16-7-5-6-8-17(16)20/h9-13,16-18,20H,5-8H2,1-4H3. The number of nitrogens with zero attached hydrogens (tertiary/aromatic N) is 1. The van der Waals surface area contributed by atoms with Gasteiger partial charge in [-0.05, 0) is 50.6 Å². The molecule has 0 saturated heterocycles. The molecule has 3 nitrogen and oxygen atoms in total. The third-order valence-electron chi connectivity index (χ3n) is 4.97. The van der Waals surface area contributed by atoms with Crippen molar-refractivity contribution in [2.45, 2.75) is 50.7 Å². The minimum absolute atomic E-state index is 0.160. The highest BCUT2D eigenvalue weighted by molar-refractivity contribution is 5.30. The third-order valence-corrected chi connectivity index (χ3v) is 4.97. The van der Waals surface area contributed by atoms with E-state index in [0.29, 0.717) is 17.9 Å². The number of ether oxygens (including phenoxy) is 1. The van der Waals surface area contributed by atoms with Gasteiger partial charge in [-0.2, -0.15) is 0 Å². The maximum absolute atomic E-state index is 10.4. The zero-order chi connectivity index (χ0) is 15.4. The van der Waals surface area contributed by atoms with E-state index in [-0.39, 0.29) is 6.10 Å². The molecule has 0 amide bonds. The van der Waals surface area contributed by atoms with Crippen LogP contribution in [0.2, 0.25) is 0 Å². The lowest BCUT2D eigenvalue weighted by molar-refractivity contribution is 0.0155. The Hall–Kier alpha value is -1.06. The number of methoxy groups -OCH3 is 1. The van der Waals surface area contributed by atoms with Crippen LogP contribution in [0.4, 0.5) is 0 Å². The highest BCUT2D eigenvalue weighted by Crippen LogP contribution is 2.36. The Balaban J connectivity index is 2.19. The number of benzene rings is 1. The summed E-state index contributed by atoms with van der Waals surface area (Å²) >= 11 is 0. The molecule has 4 unspecified atom stereocenters. The van der Waals surface area contributed by atoms with Crippen molar-refractivity contribution in [1.29, 1.82) is 0 Å². The Kier molecular flexibility index (Phi) is 5.65. The van der Waals surface area contributed by atoms with Gasteiger partial charge in [-0.3, -0.25) is 0 Å². The molecule has 4 atom stereocenters. The van der Waals surface area contributed by atoms with Crippen LogP contribution in [0.15, 0.2) is 24.3 Å². The van der Waals surface area contributed by atoms with Crippen molar-refractivity contribution < 1.29 is 9.84 Å². The van der Waals surface area contributed by atoms with Crippen LogP contribution < -0.4 is 4.74 Å². The zero-order valence-electron chi connectivity index (χ0n) is 13.7. The molecule has 0 bridgehead atoms. The predicted octanol–water partition coefficient (Wildman–Crippen LogP) is 3.28. The summed E-state index contributed by atoms with van der Waals surface area (Å²) in [6, 6.07) is 8.71. The second-order valence-corrected chi connectivity index (χ2v) is 6.53. The smallest absolute Gasteiger partial charge is 0.118 e. The van der Waals surface area contributed by atoms with Crippen molar-refractivity contribution in [2.24, 2.45) is 5.92 Å². The second kappa shape index (κ2) is 7.28. The summed E-state index contributed by atoms with van der Waals surface area (Å²) < 4.78 is 5.24. The summed E-state index contributed by atoms with van der Waals surface area (Å²) in [5, 5.41) is 10.4. The van der Waals surface area contributed by atoms with Crippen LogP contribution in [0.3, 0.4) is 0 Å². The van der Waals surface area contributed by atoms with Gasteiger partial charge in [0.15, 0.2) is 0 Å². The Morgan fingerprint density at radius 3 is 2.29 bits per heavy atom. The molecular weight excluding hydrogens is 262 g/mol. The summed E-state index contributed by atoms with van der Waals surface area (Å²) in [5.41, 5.74) is 1.31. The molecule has 2 rings (SSSR count). The highest BCUT2D eigenvalue weighted by Gasteiger charge is 2.35. The number of rotatable bonds is 5. The SMILES string of the molecule is COc1ccc(C(C)C(C2CCCCC2O)N(C)C)cc1. The molecule has 1 fully saturated rings. The molecule has 0 aromatic heterocycles. The zero-order valence-corrected chi connectivity index (χ0v) is 13.7. The molecule has 1 N–H and O–H groups in total. The van der Waals surface area contributed by atoms with Gasteiger partial charge in [-0.15, -0.1) is 0 Å². The van der Waals surface area contributed by atoms with Crippen molar-refractivity contribution in [3.05, 3.63) is 29.8 Å². The van der Waals surface area contributed by atoms with Crippen molar-refractivity contribution in [1.82, 2.24) is 4.90 Å². The lowest BCUT2D eigenvalue weighted by Gasteiger charge is -2.41. The molecule has 0 radical (unpaired) electrons. The molecule has 1 saturated carbocycles. The van der Waals surface area contributed by atoms with E-state index in [2.05, 4.69) is 38.1 Å². The first-order valence-corrected chi connectivity index (χ1v) is 8.03. The van der Waals surface area contributed by atoms with Crippen LogP contribution in [0, 0.1) is 5.92 Å². The lowest BCUT2D eigenvalue weighted by atomic mass is 9.75. The Labute approximate surface area is 128 Å². The first kappa shape index (κ1) is 16.3. The highest BCUT2D eigenvalue weighted by atomic mass is 16.5. The van der Waals surface area contributed by atoms with Crippen LogP contribution in [0.1, 0.15) is 44.1 Å². The van der Waals surface area contributed by atoms with E-state index < -0.39 is 0 Å². The average Bonchev–Trinajstić information content (AvgIpc) is 2.49. The quantitative estimate of drug-likeness (QED) is 0.903. The molecule has 0 spiro atoms. The summed E-state index contributed by atoms with van der Waals surface area (Å²) in [7, 11) is 5.96. The van der Waals surface area contributed by atoms with Crippen LogP contribution in [0.5, 0.6) is 5.75 Å². The number of aliphatic hydroxyl groups is 1. The molecule has 1 aromatic rings. The van der Waals surface area contributed by atoms with E-state index in [4.69, 9.17) is 4.74 Å². The van der Waals surface area contributed by atoms with Crippen molar-refractivity contribution in [3.8, 4) is 5.75 Å². The number of hydrogen-bond donors (Lipinski definition) is 1. The fraction of sp³-hybridized carbons (Fsp3) is 0.667. The molecule has 21 heavy (non-hydrogen) atoms. The Morgan fingerprint density at radius 1 is 1.14 bits per heavy atom. The van der Waals surface area contributed by atoms with Crippen molar-refractivity contribution in [2.75, 3.05) is 21.2 Å². The van der Waals surface area contributed by atoms with Crippen LogP contribution in [-0.4, -0.2) is 43.4 Å². The van der Waals surface area contributed by atoms with Gasteiger partial charge in [0.1, 0.15) is 5.75 Å². The number of aliphatic hydroxyl groups excluding tert-OH is 1. The average molecular weight is 291 g/mol. The van der Waals surface area contributed by atoms with Gasteiger partial charge < -0.3 is 14.7 Å². The number of likely N-dealkylation sites (N-methyl/N-ethyl adjacent to an activating group) is 1. The molecule has 0 aliphatic heterocycles. The fourth-order valence-electron chi connectivity index (χ4n) is 3.84. The van der Waals surface area contributed by atoms with Crippen LogP contribution >= 0.6 is 0 Å². The predicted molar refractivity (Wildman–Crippen MR) is 86.8 cm³/mol. The topological polar surface area (TPSA) is 32.7 Å². The van der Waals surface area contributed by atoms with Gasteiger partial charge in [0.2, 0.25) is 0 Å². The van der Waals surface area contributed by atoms with Crippen molar-refractivity contribution >= 4 is 0 Å². The number of hydrogen-bond acceptors (Lipinski definition) is 3. The van der Waals surface area contributed by atoms with Gasteiger partial charge in [0.25, 0.3) is 0 Å². The van der Waals surface area contributed by atoms with Gasteiger partial charge in [0, 0.05) is 12.0 Å². The van der Waals surface area contributed by atoms with Gasteiger partial charge in [0.05, 0.1) is 13.2 Å². The van der Waals surface area contributed by atoms with E-state index in [0.717, 1.165) is 25.0 Å². The Morgan fingerprint density at radius 2 is 1.76 bits per heavy atom. The molecule has 1 aliphatic rings. The summed E-state index contributed by atoms with van der Waals surface area (Å²) in [6.45, 7) is 2.27. The molecule has 1 aliphatic carbocycles. The third kappa shape index (κ3) is 3.78. The Bertz CT molecular complexity index is 429. The van der Waals surface area contributed by atoms with Crippen LogP contribution in [-0.2, 0) is 0 Å². The second-order valence-electron chi connectivity index (χ2n) is 6.53. The maximum Gasteiger partial charge on any atom is 0.118 e. The van der Waals surface area contributed by atoms with E-state index in [1.165, 1.54) is 12.0 Å². The van der Waals surface area contributed by atoms with E-state index in [1.54, 1.807) is 7.11 Å². The van der Waals surface area contributed by atoms with E-state index >= 15 is 0 Å². The minimum atomic E-state index is -0.160. The van der Waals surface area contributed by atoms with Gasteiger partial charge in [-0.1, -0.05) is 31.9 Å². The molecule has 1 aromatic carbocycles. The van der Waals surface area contributed by atoms with Gasteiger partial charge >= 0.3 is 0 Å². The van der Waals surface area contributed by atoms with Crippen LogP contribution in [0.25, 0.3) is 0 Å². The molecule has 3 heteroatoms. The summed E-state index contributed by atoms with van der Waals surface area (Å²) in [4.78, 5) is 2.29. The first-order chi connectivity index (χ1) is 10.0. The fourth-order valence-corrected chi connectivity index (χ4v) is 3.84. The monoisotopic (exact) mass is 291 g/mol. The first-order valence-electron chi connectivity index (χ1n) is 8.03.